The van der Waals surface area contributed by atoms with Crippen molar-refractivity contribution in [2.24, 2.45) is 5.92 Å². The van der Waals surface area contributed by atoms with Gasteiger partial charge in [-0.2, -0.15) is 13.2 Å². The van der Waals surface area contributed by atoms with Crippen LogP contribution in [0, 0.1) is 5.92 Å². The normalized spacial score (nSPS) is 25.7. The van der Waals surface area contributed by atoms with Crippen molar-refractivity contribution in [3.63, 3.8) is 0 Å². The Balaban J connectivity index is 1.44. The third kappa shape index (κ3) is 3.88. The minimum Gasteiger partial charge on any atom is -0.339 e. The molecule has 2 heterocycles. The van der Waals surface area contributed by atoms with Crippen molar-refractivity contribution >= 4 is 29.3 Å². The highest BCUT2D eigenvalue weighted by atomic mass is 32.2. The molecule has 1 saturated carbocycles. The number of likely N-dealkylation sites (tertiary alicyclic amines) is 1. The maximum Gasteiger partial charge on any atom is 0.416 e. The first kappa shape index (κ1) is 19.6. The van der Waals surface area contributed by atoms with E-state index in [1.807, 2.05) is 4.90 Å². The molecule has 4 nitrogen and oxygen atoms in total. The highest BCUT2D eigenvalue weighted by Gasteiger charge is 2.39. The molecule has 1 aromatic rings. The van der Waals surface area contributed by atoms with Crippen LogP contribution in [-0.4, -0.2) is 34.6 Å². The molecule has 0 radical (unpaired) electrons. The Morgan fingerprint density at radius 2 is 1.93 bits per heavy atom. The molecule has 0 unspecified atom stereocenters. The molecule has 2 aliphatic heterocycles. The molecule has 1 aliphatic carbocycles. The van der Waals surface area contributed by atoms with Gasteiger partial charge in [0.05, 0.1) is 16.5 Å². The Morgan fingerprint density at radius 1 is 1.18 bits per heavy atom. The average molecular weight is 412 g/mol. The topological polar surface area (TPSA) is 49.4 Å². The largest absolute Gasteiger partial charge is 0.416 e. The molecule has 2 amide bonds. The van der Waals surface area contributed by atoms with E-state index in [0.29, 0.717) is 10.8 Å². The number of fused-ring (bicyclic) bond motifs is 1. The number of rotatable bonds is 3. The molecule has 0 bridgehead atoms. The van der Waals surface area contributed by atoms with E-state index in [4.69, 9.17) is 0 Å². The molecule has 1 aromatic carbocycles. The second-order valence-electron chi connectivity index (χ2n) is 7.85. The van der Waals surface area contributed by atoms with E-state index in [1.54, 1.807) is 0 Å². The maximum absolute atomic E-state index is 12.9. The maximum atomic E-state index is 12.9. The molecule has 2 fully saturated rings. The van der Waals surface area contributed by atoms with Gasteiger partial charge in [-0.25, -0.2) is 0 Å². The number of carbonyl (C=O) groups is 2. The highest BCUT2D eigenvalue weighted by Crippen LogP contribution is 2.41. The molecule has 3 aliphatic rings. The third-order valence-corrected chi connectivity index (χ3v) is 7.33. The lowest BCUT2D eigenvalue weighted by atomic mass is 9.96. The first-order valence-corrected chi connectivity index (χ1v) is 10.7. The summed E-state index contributed by atoms with van der Waals surface area (Å²) >= 11 is 1.18. The molecular formula is C20H23F3N2O2S. The van der Waals surface area contributed by atoms with Crippen molar-refractivity contribution in [3.8, 4) is 0 Å². The van der Waals surface area contributed by atoms with E-state index in [-0.39, 0.29) is 24.1 Å². The Labute approximate surface area is 166 Å². The van der Waals surface area contributed by atoms with E-state index >= 15 is 0 Å². The number of amides is 2. The zero-order chi connectivity index (χ0) is 19.9. The summed E-state index contributed by atoms with van der Waals surface area (Å²) in [4.78, 5) is 27.8. The van der Waals surface area contributed by atoms with Gasteiger partial charge in [0.15, 0.2) is 0 Å². The number of thioether (sulfide) groups is 1. The van der Waals surface area contributed by atoms with Crippen molar-refractivity contribution < 1.29 is 22.8 Å². The molecule has 0 spiro atoms. The summed E-state index contributed by atoms with van der Waals surface area (Å²) in [5.74, 6) is 0.153. The molecule has 28 heavy (non-hydrogen) atoms. The summed E-state index contributed by atoms with van der Waals surface area (Å²) < 4.78 is 38.6. The van der Waals surface area contributed by atoms with Gasteiger partial charge in [-0.3, -0.25) is 9.59 Å². The van der Waals surface area contributed by atoms with Crippen LogP contribution in [0.15, 0.2) is 23.1 Å². The van der Waals surface area contributed by atoms with Crippen LogP contribution in [0.5, 0.6) is 0 Å². The fourth-order valence-corrected chi connectivity index (χ4v) is 5.75. The van der Waals surface area contributed by atoms with Crippen LogP contribution in [0.3, 0.4) is 0 Å². The van der Waals surface area contributed by atoms with Crippen molar-refractivity contribution in [1.29, 1.82) is 0 Å². The summed E-state index contributed by atoms with van der Waals surface area (Å²) in [5, 5.41) is 1.94. The SMILES string of the molecule is O=C1Nc2cc(C(F)(F)F)ccc2S[C@H]1CC(=O)N1CCC[C@@H]1C1CCCC1. The van der Waals surface area contributed by atoms with Gasteiger partial charge in [-0.1, -0.05) is 12.8 Å². The fourth-order valence-electron chi connectivity index (χ4n) is 4.67. The predicted molar refractivity (Wildman–Crippen MR) is 101 cm³/mol. The van der Waals surface area contributed by atoms with Crippen molar-refractivity contribution in [1.82, 2.24) is 4.90 Å². The number of nitrogens with one attached hydrogen (secondary N) is 1. The van der Waals surface area contributed by atoms with E-state index < -0.39 is 22.9 Å². The van der Waals surface area contributed by atoms with Crippen molar-refractivity contribution in [2.75, 3.05) is 11.9 Å². The van der Waals surface area contributed by atoms with Crippen molar-refractivity contribution in [3.05, 3.63) is 23.8 Å². The second-order valence-corrected chi connectivity index (χ2v) is 9.09. The van der Waals surface area contributed by atoms with Crippen LogP contribution in [0.25, 0.3) is 0 Å². The third-order valence-electron chi connectivity index (χ3n) is 6.05. The van der Waals surface area contributed by atoms with Crippen LogP contribution in [-0.2, 0) is 15.8 Å². The summed E-state index contributed by atoms with van der Waals surface area (Å²) in [5.41, 5.74) is -0.628. The Morgan fingerprint density at radius 3 is 2.64 bits per heavy atom. The number of halogens is 3. The monoisotopic (exact) mass is 412 g/mol. The minimum absolute atomic E-state index is 0.0163. The fraction of sp³-hybridized carbons (Fsp3) is 0.600. The number of alkyl halides is 3. The smallest absolute Gasteiger partial charge is 0.339 e. The minimum atomic E-state index is -4.46. The first-order chi connectivity index (χ1) is 13.3. The molecule has 8 heteroatoms. The zero-order valence-electron chi connectivity index (χ0n) is 15.4. The van der Waals surface area contributed by atoms with E-state index in [1.165, 1.54) is 43.5 Å². The van der Waals surface area contributed by atoms with E-state index in [2.05, 4.69) is 5.32 Å². The average Bonchev–Trinajstić information content (AvgIpc) is 3.32. The molecule has 152 valence electrons. The van der Waals surface area contributed by atoms with Gasteiger partial charge in [-0.05, 0) is 49.8 Å². The lowest BCUT2D eigenvalue weighted by molar-refractivity contribution is -0.137. The highest BCUT2D eigenvalue weighted by molar-refractivity contribution is 8.01. The standard InChI is InChI=1S/C20H23F3N2O2S/c21-20(22,23)13-7-8-16-14(10-13)24-19(27)17(28-16)11-18(26)25-9-3-6-15(25)12-4-1-2-5-12/h7-8,10,12,15,17H,1-6,9,11H2,(H,24,27)/t15-,17+/m1/s1. The summed E-state index contributed by atoms with van der Waals surface area (Å²) in [6.45, 7) is 0.741. The summed E-state index contributed by atoms with van der Waals surface area (Å²) in [6.07, 6.45) is 2.44. The number of benzene rings is 1. The van der Waals surface area contributed by atoms with Crippen LogP contribution < -0.4 is 5.32 Å². The quantitative estimate of drug-likeness (QED) is 0.784. The first-order valence-electron chi connectivity index (χ1n) is 9.81. The van der Waals surface area contributed by atoms with Crippen LogP contribution >= 0.6 is 11.8 Å². The van der Waals surface area contributed by atoms with Gasteiger partial charge >= 0.3 is 6.18 Å². The number of nitrogens with zero attached hydrogens (tertiary/aromatic N) is 1. The molecule has 1 N–H and O–H groups in total. The van der Waals surface area contributed by atoms with Gasteiger partial charge in [0.1, 0.15) is 0 Å². The van der Waals surface area contributed by atoms with Crippen LogP contribution in [0.2, 0.25) is 0 Å². The van der Waals surface area contributed by atoms with Gasteiger partial charge in [0.25, 0.3) is 0 Å². The lowest BCUT2D eigenvalue weighted by Crippen LogP contribution is -2.42. The Kier molecular flexibility index (Phi) is 5.33. The number of hydrogen-bond acceptors (Lipinski definition) is 3. The molecule has 1 saturated heterocycles. The van der Waals surface area contributed by atoms with Gasteiger partial charge in [0, 0.05) is 23.9 Å². The van der Waals surface area contributed by atoms with Crippen LogP contribution in [0.4, 0.5) is 18.9 Å². The van der Waals surface area contributed by atoms with E-state index in [0.717, 1.165) is 31.5 Å². The zero-order valence-corrected chi connectivity index (χ0v) is 16.2. The number of carbonyl (C=O) groups excluding carboxylic acids is 2. The number of anilines is 1. The molecule has 0 aromatic heterocycles. The van der Waals surface area contributed by atoms with Crippen molar-refractivity contribution in [2.45, 2.75) is 67.3 Å². The van der Waals surface area contributed by atoms with Gasteiger partial charge in [0.2, 0.25) is 11.8 Å². The van der Waals surface area contributed by atoms with E-state index in [9.17, 15) is 22.8 Å². The molecule has 2 atom stereocenters. The lowest BCUT2D eigenvalue weighted by Gasteiger charge is -2.31. The Hall–Kier alpha value is -1.70. The predicted octanol–water partition coefficient (Wildman–Crippen LogP) is 4.69. The Bertz CT molecular complexity index is 777. The van der Waals surface area contributed by atoms with Gasteiger partial charge < -0.3 is 10.2 Å². The second kappa shape index (κ2) is 7.61. The van der Waals surface area contributed by atoms with Crippen LogP contribution in [0.1, 0.15) is 50.5 Å². The molecule has 4 rings (SSSR count). The summed E-state index contributed by atoms with van der Waals surface area (Å²) in [7, 11) is 0. The number of hydrogen-bond donors (Lipinski definition) is 1. The molecular weight excluding hydrogens is 389 g/mol. The van der Waals surface area contributed by atoms with Gasteiger partial charge in [-0.15, -0.1) is 11.8 Å². The summed E-state index contributed by atoms with van der Waals surface area (Å²) in [6, 6.07) is 3.62.